The quantitative estimate of drug-likeness (QED) is 0.840. The number of halogens is 1. The van der Waals surface area contributed by atoms with Crippen LogP contribution in [0.3, 0.4) is 0 Å². The van der Waals surface area contributed by atoms with Gasteiger partial charge in [-0.25, -0.2) is 4.39 Å². The van der Waals surface area contributed by atoms with Crippen LogP contribution >= 0.6 is 0 Å². The van der Waals surface area contributed by atoms with Crippen LogP contribution in [0.15, 0.2) is 24.3 Å². The molecule has 1 unspecified atom stereocenters. The number of benzene rings is 1. The van der Waals surface area contributed by atoms with E-state index in [-0.39, 0.29) is 23.5 Å². The van der Waals surface area contributed by atoms with Crippen molar-refractivity contribution in [2.45, 2.75) is 31.7 Å². The summed E-state index contributed by atoms with van der Waals surface area (Å²) >= 11 is 0. The molecule has 0 N–H and O–H groups in total. The van der Waals surface area contributed by atoms with Gasteiger partial charge >= 0.3 is 0 Å². The van der Waals surface area contributed by atoms with Crippen LogP contribution in [0.5, 0.6) is 0 Å². The first-order valence-electron chi connectivity index (χ1n) is 9.20. The first-order chi connectivity index (χ1) is 12.1. The van der Waals surface area contributed by atoms with Crippen molar-refractivity contribution in [1.82, 2.24) is 9.80 Å². The van der Waals surface area contributed by atoms with Gasteiger partial charge in [-0.1, -0.05) is 0 Å². The van der Waals surface area contributed by atoms with Gasteiger partial charge in [-0.05, 0) is 43.5 Å². The molecule has 2 heterocycles. The van der Waals surface area contributed by atoms with Gasteiger partial charge in [-0.15, -0.1) is 0 Å². The fourth-order valence-corrected chi connectivity index (χ4v) is 3.94. The van der Waals surface area contributed by atoms with Gasteiger partial charge in [0.05, 0.1) is 5.92 Å². The van der Waals surface area contributed by atoms with Crippen LogP contribution in [0.1, 0.15) is 25.7 Å². The number of carbonyl (C=O) groups excluding carboxylic acids is 2. The molecule has 2 aliphatic heterocycles. The molecule has 1 atom stereocenters. The normalized spacial score (nSPS) is 24.6. The number of hydrogen-bond donors (Lipinski definition) is 0. The summed E-state index contributed by atoms with van der Waals surface area (Å²) in [5.74, 6) is -0.145. The van der Waals surface area contributed by atoms with Crippen molar-refractivity contribution < 1.29 is 14.0 Å². The molecule has 1 saturated carbocycles. The third kappa shape index (κ3) is 3.48. The van der Waals surface area contributed by atoms with E-state index in [4.69, 9.17) is 0 Å². The maximum absolute atomic E-state index is 13.1. The maximum Gasteiger partial charge on any atom is 0.228 e. The Morgan fingerprint density at radius 3 is 2.52 bits per heavy atom. The van der Waals surface area contributed by atoms with Crippen LogP contribution < -0.4 is 4.90 Å². The lowest BCUT2D eigenvalue weighted by molar-refractivity contribution is -0.135. The van der Waals surface area contributed by atoms with Crippen LogP contribution in [0.2, 0.25) is 0 Å². The van der Waals surface area contributed by atoms with E-state index in [0.717, 1.165) is 44.6 Å². The third-order valence-corrected chi connectivity index (χ3v) is 5.49. The number of rotatable bonds is 3. The van der Waals surface area contributed by atoms with Crippen LogP contribution in [0, 0.1) is 11.7 Å². The molecule has 0 aromatic heterocycles. The summed E-state index contributed by atoms with van der Waals surface area (Å²) in [5, 5.41) is 0. The monoisotopic (exact) mass is 345 g/mol. The van der Waals surface area contributed by atoms with E-state index in [9.17, 15) is 14.0 Å². The van der Waals surface area contributed by atoms with Crippen molar-refractivity contribution >= 4 is 17.5 Å². The molecule has 0 bridgehead atoms. The van der Waals surface area contributed by atoms with Crippen molar-refractivity contribution in [3.8, 4) is 0 Å². The lowest BCUT2D eigenvalue weighted by atomic mass is 10.1. The van der Waals surface area contributed by atoms with Gasteiger partial charge < -0.3 is 14.7 Å². The Kier molecular flexibility index (Phi) is 4.36. The van der Waals surface area contributed by atoms with Crippen molar-refractivity contribution in [2.24, 2.45) is 5.92 Å². The fraction of sp³-hybridized carbons (Fsp3) is 0.579. The van der Waals surface area contributed by atoms with Crippen LogP contribution in [-0.2, 0) is 9.59 Å². The van der Waals surface area contributed by atoms with Gasteiger partial charge in [0.15, 0.2) is 0 Å². The zero-order chi connectivity index (χ0) is 17.4. The van der Waals surface area contributed by atoms with E-state index in [1.807, 2.05) is 9.80 Å². The van der Waals surface area contributed by atoms with E-state index < -0.39 is 0 Å². The van der Waals surface area contributed by atoms with Crippen LogP contribution in [-0.4, -0.2) is 60.4 Å². The third-order valence-electron chi connectivity index (χ3n) is 5.49. The largest absolute Gasteiger partial charge is 0.370 e. The Hall–Kier alpha value is -2.11. The van der Waals surface area contributed by atoms with Crippen LogP contribution in [0.25, 0.3) is 0 Å². The van der Waals surface area contributed by atoms with E-state index in [1.165, 1.54) is 12.1 Å². The Labute approximate surface area is 147 Å². The van der Waals surface area contributed by atoms with Gasteiger partial charge in [-0.2, -0.15) is 0 Å². The molecule has 4 rings (SSSR count). The van der Waals surface area contributed by atoms with Crippen molar-refractivity contribution in [2.75, 3.05) is 37.6 Å². The molecule has 0 spiro atoms. The predicted molar refractivity (Wildman–Crippen MR) is 92.7 cm³/mol. The first kappa shape index (κ1) is 16.4. The molecule has 5 nitrogen and oxygen atoms in total. The Morgan fingerprint density at radius 2 is 1.80 bits per heavy atom. The highest BCUT2D eigenvalue weighted by molar-refractivity contribution is 5.89. The predicted octanol–water partition coefficient (Wildman–Crippen LogP) is 1.88. The first-order valence-corrected chi connectivity index (χ1v) is 9.20. The summed E-state index contributed by atoms with van der Waals surface area (Å²) in [5.41, 5.74) is 0.992. The maximum atomic E-state index is 13.1. The molecule has 134 valence electrons. The average molecular weight is 345 g/mol. The zero-order valence-corrected chi connectivity index (χ0v) is 14.4. The average Bonchev–Trinajstić information content (AvgIpc) is 3.41. The number of nitrogens with zero attached hydrogens (tertiary/aromatic N) is 3. The summed E-state index contributed by atoms with van der Waals surface area (Å²) < 4.78 is 13.1. The molecule has 2 amide bonds. The summed E-state index contributed by atoms with van der Waals surface area (Å²) in [6, 6.07) is 6.91. The summed E-state index contributed by atoms with van der Waals surface area (Å²) in [7, 11) is 0. The highest BCUT2D eigenvalue weighted by Gasteiger charge is 2.42. The Morgan fingerprint density at radius 1 is 1.04 bits per heavy atom. The molecule has 6 heteroatoms. The molecule has 25 heavy (non-hydrogen) atoms. The van der Waals surface area contributed by atoms with Gasteiger partial charge in [0, 0.05) is 50.9 Å². The highest BCUT2D eigenvalue weighted by Crippen LogP contribution is 2.33. The second-order valence-electron chi connectivity index (χ2n) is 7.32. The number of anilines is 1. The number of carbonyl (C=O) groups is 2. The SMILES string of the molecule is O=C(C1CC(=O)N(C2CC2)C1)N1CCCN(c2ccc(F)cc2)CC1. The second kappa shape index (κ2) is 6.65. The van der Waals surface area contributed by atoms with E-state index >= 15 is 0 Å². The van der Waals surface area contributed by atoms with Crippen molar-refractivity contribution in [1.29, 1.82) is 0 Å². The minimum atomic E-state index is -0.235. The second-order valence-corrected chi connectivity index (χ2v) is 7.32. The molecular formula is C19H24FN3O2. The summed E-state index contributed by atoms with van der Waals surface area (Å²) in [6.07, 6.45) is 3.43. The molecule has 1 aromatic rings. The topological polar surface area (TPSA) is 43.9 Å². The van der Waals surface area contributed by atoms with Crippen molar-refractivity contribution in [3.05, 3.63) is 30.1 Å². The number of amides is 2. The molecule has 3 aliphatic rings. The van der Waals surface area contributed by atoms with E-state index in [1.54, 1.807) is 12.1 Å². The standard InChI is InChI=1S/C19H24FN3O2/c20-15-2-4-16(5-3-15)21-8-1-9-22(11-10-21)19(25)14-12-18(24)23(13-14)17-6-7-17/h2-5,14,17H,1,6-13H2. The molecule has 1 aliphatic carbocycles. The van der Waals surface area contributed by atoms with Gasteiger partial charge in [0.1, 0.15) is 5.82 Å². The number of likely N-dealkylation sites (tertiary alicyclic amines) is 1. The Bertz CT molecular complexity index is 659. The van der Waals surface area contributed by atoms with Crippen LogP contribution in [0.4, 0.5) is 10.1 Å². The summed E-state index contributed by atoms with van der Waals surface area (Å²) in [4.78, 5) is 31.0. The van der Waals surface area contributed by atoms with Gasteiger partial charge in [0.25, 0.3) is 0 Å². The highest BCUT2D eigenvalue weighted by atomic mass is 19.1. The molecule has 1 aromatic carbocycles. The molecule has 2 saturated heterocycles. The smallest absolute Gasteiger partial charge is 0.228 e. The molecule has 0 radical (unpaired) electrons. The molecule has 3 fully saturated rings. The number of hydrogen-bond acceptors (Lipinski definition) is 3. The minimum absolute atomic E-state index is 0.123. The minimum Gasteiger partial charge on any atom is -0.370 e. The van der Waals surface area contributed by atoms with Gasteiger partial charge in [0.2, 0.25) is 11.8 Å². The summed E-state index contributed by atoms with van der Waals surface area (Å²) in [6.45, 7) is 3.58. The lowest BCUT2D eigenvalue weighted by Crippen LogP contribution is -2.40. The van der Waals surface area contributed by atoms with Crippen molar-refractivity contribution in [3.63, 3.8) is 0 Å². The Balaban J connectivity index is 1.36. The zero-order valence-electron chi connectivity index (χ0n) is 14.4. The fourth-order valence-electron chi connectivity index (χ4n) is 3.94. The van der Waals surface area contributed by atoms with Gasteiger partial charge in [-0.3, -0.25) is 9.59 Å². The molecular weight excluding hydrogens is 321 g/mol. The van der Waals surface area contributed by atoms with E-state index in [0.29, 0.717) is 25.6 Å². The lowest BCUT2D eigenvalue weighted by Gasteiger charge is -2.25. The van der Waals surface area contributed by atoms with E-state index in [2.05, 4.69) is 4.90 Å².